The zero-order valence-corrected chi connectivity index (χ0v) is 8.61. The van der Waals surface area contributed by atoms with E-state index in [0.717, 1.165) is 11.4 Å². The molecule has 0 atom stereocenters. The Morgan fingerprint density at radius 1 is 1.36 bits per heavy atom. The minimum absolute atomic E-state index is 0.245. The summed E-state index contributed by atoms with van der Waals surface area (Å²) in [6.45, 7) is 1.36. The van der Waals surface area contributed by atoms with Crippen LogP contribution >= 0.6 is 0 Å². The fraction of sp³-hybridized carbons (Fsp3) is 0.300. The molecule has 0 fully saturated rings. The van der Waals surface area contributed by atoms with Gasteiger partial charge in [0.1, 0.15) is 5.75 Å². The lowest BCUT2D eigenvalue weighted by molar-refractivity contribution is -0.137. The molecule has 0 amide bonds. The molecule has 1 rings (SSSR count). The zero-order chi connectivity index (χ0) is 11.0. The summed E-state index contributed by atoms with van der Waals surface area (Å²) >= 11 is 0. The summed E-state index contributed by atoms with van der Waals surface area (Å²) in [7, 11) is 2.97. The van der Waals surface area contributed by atoms with Gasteiger partial charge in [0, 0.05) is 18.7 Å². The molecule has 0 heterocycles. The van der Waals surface area contributed by atoms with Gasteiger partial charge in [-0.2, -0.15) is 0 Å². The Morgan fingerprint density at radius 3 is 2.21 bits per heavy atom. The number of carbonyl (C=O) groups excluding carboxylic acids is 1. The first-order valence-corrected chi connectivity index (χ1v) is 4.04. The first kappa shape index (κ1) is 12.3. The van der Waals surface area contributed by atoms with Gasteiger partial charge in [0.15, 0.2) is 0 Å². The number of ether oxygens (including phenoxy) is 2. The van der Waals surface area contributed by atoms with Gasteiger partial charge in [0.2, 0.25) is 0 Å². The first-order valence-electron chi connectivity index (χ1n) is 4.04. The van der Waals surface area contributed by atoms with E-state index in [1.807, 2.05) is 18.2 Å². The largest absolute Gasteiger partial charge is 0.497 e. The number of methoxy groups -OCH3 is 2. The number of carbonyl (C=O) groups is 1. The van der Waals surface area contributed by atoms with E-state index in [-0.39, 0.29) is 5.97 Å². The summed E-state index contributed by atoms with van der Waals surface area (Å²) in [5.74, 6) is 0.556. The second-order valence-electron chi connectivity index (χ2n) is 2.47. The van der Waals surface area contributed by atoms with Crippen molar-refractivity contribution < 1.29 is 14.3 Å². The van der Waals surface area contributed by atoms with Crippen molar-refractivity contribution >= 4 is 11.7 Å². The molecule has 0 bridgehead atoms. The SMILES string of the molecule is COC(C)=O.COc1cccc(N)c1. The van der Waals surface area contributed by atoms with Crippen LogP contribution in [0.5, 0.6) is 5.75 Å². The van der Waals surface area contributed by atoms with Crippen LogP contribution in [0.15, 0.2) is 24.3 Å². The fourth-order valence-electron chi connectivity index (χ4n) is 0.642. The molecule has 0 spiro atoms. The highest BCUT2D eigenvalue weighted by Gasteiger charge is 1.87. The third-order valence-corrected chi connectivity index (χ3v) is 1.38. The Kier molecular flexibility index (Phi) is 5.94. The second-order valence-corrected chi connectivity index (χ2v) is 2.47. The predicted molar refractivity (Wildman–Crippen MR) is 55.1 cm³/mol. The van der Waals surface area contributed by atoms with Gasteiger partial charge in [-0.3, -0.25) is 4.79 Å². The second kappa shape index (κ2) is 6.77. The molecule has 1 aromatic carbocycles. The molecule has 0 saturated heterocycles. The van der Waals surface area contributed by atoms with Gasteiger partial charge in [-0.05, 0) is 12.1 Å². The van der Waals surface area contributed by atoms with E-state index < -0.39 is 0 Å². The lowest BCUT2D eigenvalue weighted by atomic mass is 10.3. The van der Waals surface area contributed by atoms with Crippen molar-refractivity contribution in [3.05, 3.63) is 24.3 Å². The highest BCUT2D eigenvalue weighted by atomic mass is 16.5. The average molecular weight is 197 g/mol. The Hall–Kier alpha value is -1.71. The third kappa shape index (κ3) is 5.88. The Morgan fingerprint density at radius 2 is 1.93 bits per heavy atom. The van der Waals surface area contributed by atoms with Crippen molar-refractivity contribution in [1.82, 2.24) is 0 Å². The maximum atomic E-state index is 9.59. The number of benzene rings is 1. The molecule has 1 aromatic rings. The quantitative estimate of drug-likeness (QED) is 0.547. The lowest BCUT2D eigenvalue weighted by Gasteiger charge is -1.97. The first-order chi connectivity index (χ1) is 6.60. The summed E-state index contributed by atoms with van der Waals surface area (Å²) in [6, 6.07) is 7.31. The molecule has 4 heteroatoms. The number of hydrogen-bond acceptors (Lipinski definition) is 4. The molecule has 0 unspecified atom stereocenters. The van der Waals surface area contributed by atoms with E-state index in [1.54, 1.807) is 13.2 Å². The van der Waals surface area contributed by atoms with E-state index in [0.29, 0.717) is 0 Å². The molecule has 0 radical (unpaired) electrons. The van der Waals surface area contributed by atoms with Crippen LogP contribution in [-0.2, 0) is 9.53 Å². The van der Waals surface area contributed by atoms with Crippen LogP contribution in [0.2, 0.25) is 0 Å². The maximum absolute atomic E-state index is 9.59. The third-order valence-electron chi connectivity index (χ3n) is 1.38. The molecule has 78 valence electrons. The number of nitrogens with two attached hydrogens (primary N) is 1. The van der Waals surface area contributed by atoms with Gasteiger partial charge in [-0.1, -0.05) is 6.07 Å². The summed E-state index contributed by atoms with van der Waals surface area (Å²) in [4.78, 5) is 9.59. The predicted octanol–water partition coefficient (Wildman–Crippen LogP) is 1.46. The highest BCUT2D eigenvalue weighted by Crippen LogP contribution is 2.12. The van der Waals surface area contributed by atoms with Crippen LogP contribution in [0.3, 0.4) is 0 Å². The molecule has 0 aromatic heterocycles. The van der Waals surface area contributed by atoms with Gasteiger partial charge in [-0.15, -0.1) is 0 Å². The smallest absolute Gasteiger partial charge is 0.302 e. The highest BCUT2D eigenvalue weighted by molar-refractivity contribution is 5.65. The van der Waals surface area contributed by atoms with Gasteiger partial charge in [0.25, 0.3) is 0 Å². The van der Waals surface area contributed by atoms with Crippen molar-refractivity contribution in [2.45, 2.75) is 6.92 Å². The molecular formula is C10H15NO3. The van der Waals surface area contributed by atoms with Crippen LogP contribution in [0.1, 0.15) is 6.92 Å². The molecule has 0 saturated carbocycles. The zero-order valence-electron chi connectivity index (χ0n) is 8.61. The minimum atomic E-state index is -0.245. The molecule has 2 N–H and O–H groups in total. The topological polar surface area (TPSA) is 61.5 Å². The minimum Gasteiger partial charge on any atom is -0.497 e. The average Bonchev–Trinajstić information content (AvgIpc) is 2.18. The van der Waals surface area contributed by atoms with Gasteiger partial charge in [0.05, 0.1) is 14.2 Å². The maximum Gasteiger partial charge on any atom is 0.302 e. The Bertz CT molecular complexity index is 286. The summed E-state index contributed by atoms with van der Waals surface area (Å²) < 4.78 is 9.03. The van der Waals surface area contributed by atoms with E-state index >= 15 is 0 Å². The van der Waals surface area contributed by atoms with Gasteiger partial charge >= 0.3 is 5.97 Å². The van der Waals surface area contributed by atoms with E-state index in [1.165, 1.54) is 14.0 Å². The number of anilines is 1. The summed E-state index contributed by atoms with van der Waals surface area (Å²) in [6.07, 6.45) is 0. The number of hydrogen-bond donors (Lipinski definition) is 1. The summed E-state index contributed by atoms with van der Waals surface area (Å²) in [5.41, 5.74) is 6.19. The van der Waals surface area contributed by atoms with Gasteiger partial charge in [-0.25, -0.2) is 0 Å². The van der Waals surface area contributed by atoms with Crippen molar-refractivity contribution in [1.29, 1.82) is 0 Å². The monoisotopic (exact) mass is 197 g/mol. The number of esters is 1. The van der Waals surface area contributed by atoms with E-state index in [2.05, 4.69) is 4.74 Å². The Labute approximate surface area is 83.6 Å². The van der Waals surface area contributed by atoms with Crippen LogP contribution in [-0.4, -0.2) is 20.2 Å². The van der Waals surface area contributed by atoms with Crippen molar-refractivity contribution in [3.63, 3.8) is 0 Å². The molecule has 0 aliphatic rings. The fourth-order valence-corrected chi connectivity index (χ4v) is 0.642. The summed E-state index contributed by atoms with van der Waals surface area (Å²) in [5, 5.41) is 0. The molecule has 4 nitrogen and oxygen atoms in total. The normalized spacial score (nSPS) is 8.21. The van der Waals surface area contributed by atoms with E-state index in [4.69, 9.17) is 10.5 Å². The molecule has 14 heavy (non-hydrogen) atoms. The van der Waals surface area contributed by atoms with Crippen LogP contribution < -0.4 is 10.5 Å². The van der Waals surface area contributed by atoms with Crippen LogP contribution in [0, 0.1) is 0 Å². The lowest BCUT2D eigenvalue weighted by Crippen LogP contribution is -1.88. The van der Waals surface area contributed by atoms with Crippen molar-refractivity contribution in [2.75, 3.05) is 20.0 Å². The van der Waals surface area contributed by atoms with E-state index in [9.17, 15) is 4.79 Å². The van der Waals surface area contributed by atoms with Gasteiger partial charge < -0.3 is 15.2 Å². The number of nitrogen functional groups attached to an aromatic ring is 1. The molecule has 0 aliphatic heterocycles. The van der Waals surface area contributed by atoms with Crippen molar-refractivity contribution in [2.24, 2.45) is 0 Å². The van der Waals surface area contributed by atoms with Crippen molar-refractivity contribution in [3.8, 4) is 5.75 Å². The molecule has 0 aliphatic carbocycles. The number of rotatable bonds is 1. The Balaban J connectivity index is 0.000000292. The van der Waals surface area contributed by atoms with Crippen LogP contribution in [0.4, 0.5) is 5.69 Å². The molecular weight excluding hydrogens is 182 g/mol. The van der Waals surface area contributed by atoms with Crippen LogP contribution in [0.25, 0.3) is 0 Å². The standard InChI is InChI=1S/C7H9NO.C3H6O2/c1-9-7-4-2-3-6(8)5-7;1-3(4)5-2/h2-5H,8H2,1H3;1-2H3.